The Morgan fingerprint density at radius 3 is 2.47 bits per heavy atom. The molecule has 0 heterocycles. The van der Waals surface area contributed by atoms with Crippen molar-refractivity contribution < 1.29 is 14.3 Å². The average molecular weight is 246 g/mol. The van der Waals surface area contributed by atoms with Gasteiger partial charge in [0.15, 0.2) is 0 Å². The number of rotatable bonds is 10. The second kappa shape index (κ2) is 11.7. The molecule has 0 bridgehead atoms. The quantitative estimate of drug-likeness (QED) is 0.594. The minimum absolute atomic E-state index is 0.0297. The van der Waals surface area contributed by atoms with Crippen molar-refractivity contribution in [2.24, 2.45) is 0 Å². The van der Waals surface area contributed by atoms with Crippen molar-refractivity contribution >= 4 is 6.03 Å². The van der Waals surface area contributed by atoms with Gasteiger partial charge in [0.05, 0.1) is 13.2 Å². The van der Waals surface area contributed by atoms with Gasteiger partial charge in [-0.2, -0.15) is 0 Å². The van der Waals surface area contributed by atoms with Crippen molar-refractivity contribution in [3.8, 4) is 0 Å². The normalized spacial score (nSPS) is 10.3. The predicted molar refractivity (Wildman–Crippen MR) is 68.2 cm³/mol. The lowest BCUT2D eigenvalue weighted by Gasteiger charge is -2.15. The lowest BCUT2D eigenvalue weighted by molar-refractivity contribution is 0.0512. The lowest BCUT2D eigenvalue weighted by atomic mass is 10.2. The largest absolute Gasteiger partial charge is 0.379 e. The van der Waals surface area contributed by atoms with Crippen LogP contribution >= 0.6 is 0 Å². The number of nitrogens with one attached hydrogen (secondary N) is 1. The number of ether oxygens (including phenoxy) is 2. The molecule has 0 rings (SSSR count). The standard InChI is InChI=1S/C12H26N2O3/c1-4-16-10-11-17-9-7-5-6-8-14(3)12(15)13-2/h4-11H2,1-3H3,(H,13,15). The van der Waals surface area contributed by atoms with Crippen LogP contribution in [-0.4, -0.2) is 58.0 Å². The van der Waals surface area contributed by atoms with Crippen molar-refractivity contribution in [3.05, 3.63) is 0 Å². The van der Waals surface area contributed by atoms with Gasteiger partial charge in [-0.05, 0) is 26.2 Å². The molecule has 17 heavy (non-hydrogen) atoms. The molecule has 0 radical (unpaired) electrons. The summed E-state index contributed by atoms with van der Waals surface area (Å²) in [7, 11) is 3.45. The molecule has 0 aliphatic rings. The molecule has 2 amide bonds. The summed E-state index contributed by atoms with van der Waals surface area (Å²) >= 11 is 0. The first-order valence-electron chi connectivity index (χ1n) is 6.30. The van der Waals surface area contributed by atoms with Gasteiger partial charge in [0.2, 0.25) is 0 Å². The molecule has 102 valence electrons. The molecule has 0 aromatic heterocycles. The second-order valence-corrected chi connectivity index (χ2v) is 3.85. The summed E-state index contributed by atoms with van der Waals surface area (Å²) in [6, 6.07) is -0.0297. The summed E-state index contributed by atoms with van der Waals surface area (Å²) in [5.74, 6) is 0. The van der Waals surface area contributed by atoms with Gasteiger partial charge >= 0.3 is 6.03 Å². The Bertz CT molecular complexity index is 189. The fourth-order valence-electron chi connectivity index (χ4n) is 1.39. The van der Waals surface area contributed by atoms with Gasteiger partial charge in [-0.25, -0.2) is 4.79 Å². The van der Waals surface area contributed by atoms with Crippen molar-refractivity contribution in [2.45, 2.75) is 26.2 Å². The fourth-order valence-corrected chi connectivity index (χ4v) is 1.39. The molecule has 5 heteroatoms. The number of carbonyl (C=O) groups is 1. The fraction of sp³-hybridized carbons (Fsp3) is 0.917. The first-order chi connectivity index (χ1) is 8.22. The van der Waals surface area contributed by atoms with Crippen LogP contribution in [0.1, 0.15) is 26.2 Å². The third-order valence-electron chi connectivity index (χ3n) is 2.42. The van der Waals surface area contributed by atoms with E-state index in [2.05, 4.69) is 5.32 Å². The molecule has 0 spiro atoms. The van der Waals surface area contributed by atoms with E-state index in [0.29, 0.717) is 13.2 Å². The highest BCUT2D eigenvalue weighted by Crippen LogP contribution is 1.98. The van der Waals surface area contributed by atoms with Gasteiger partial charge in [-0.15, -0.1) is 0 Å². The Morgan fingerprint density at radius 1 is 1.12 bits per heavy atom. The molecule has 0 atom stereocenters. The number of amides is 2. The number of carbonyl (C=O) groups excluding carboxylic acids is 1. The van der Waals surface area contributed by atoms with E-state index in [0.717, 1.165) is 39.0 Å². The topological polar surface area (TPSA) is 50.8 Å². The van der Waals surface area contributed by atoms with Crippen LogP contribution in [0.2, 0.25) is 0 Å². The molecule has 0 aliphatic carbocycles. The summed E-state index contributed by atoms with van der Waals surface area (Å²) in [5.41, 5.74) is 0. The van der Waals surface area contributed by atoms with Crippen LogP contribution in [-0.2, 0) is 9.47 Å². The maximum absolute atomic E-state index is 11.2. The third-order valence-corrected chi connectivity index (χ3v) is 2.42. The monoisotopic (exact) mass is 246 g/mol. The van der Waals surface area contributed by atoms with Crippen molar-refractivity contribution in [3.63, 3.8) is 0 Å². The van der Waals surface area contributed by atoms with Crippen LogP contribution in [0.15, 0.2) is 0 Å². The molecule has 0 aromatic carbocycles. The average Bonchev–Trinajstić information content (AvgIpc) is 2.35. The molecular formula is C12H26N2O3. The zero-order valence-electron chi connectivity index (χ0n) is 11.3. The Labute approximate surface area is 104 Å². The lowest BCUT2D eigenvalue weighted by Crippen LogP contribution is -2.35. The predicted octanol–water partition coefficient (Wildman–Crippen LogP) is 1.48. The summed E-state index contributed by atoms with van der Waals surface area (Å²) < 4.78 is 10.5. The van der Waals surface area contributed by atoms with Gasteiger partial charge in [-0.1, -0.05) is 0 Å². The molecule has 0 fully saturated rings. The molecular weight excluding hydrogens is 220 g/mol. The molecule has 0 aliphatic heterocycles. The smallest absolute Gasteiger partial charge is 0.316 e. The van der Waals surface area contributed by atoms with Crippen molar-refractivity contribution in [1.29, 1.82) is 0 Å². The van der Waals surface area contributed by atoms with E-state index in [9.17, 15) is 4.79 Å². The Morgan fingerprint density at radius 2 is 1.82 bits per heavy atom. The molecule has 5 nitrogen and oxygen atoms in total. The van der Waals surface area contributed by atoms with Crippen LogP contribution in [0.25, 0.3) is 0 Å². The number of unbranched alkanes of at least 4 members (excludes halogenated alkanes) is 2. The molecule has 0 unspecified atom stereocenters. The van der Waals surface area contributed by atoms with Gasteiger partial charge < -0.3 is 19.7 Å². The highest BCUT2D eigenvalue weighted by molar-refractivity contribution is 5.73. The summed E-state index contributed by atoms with van der Waals surface area (Å²) in [5, 5.41) is 2.59. The van der Waals surface area contributed by atoms with E-state index < -0.39 is 0 Å². The SMILES string of the molecule is CCOCCOCCCCCN(C)C(=O)NC. The summed E-state index contributed by atoms with van der Waals surface area (Å²) in [6.45, 7) is 5.63. The zero-order valence-corrected chi connectivity index (χ0v) is 11.3. The van der Waals surface area contributed by atoms with Crippen LogP contribution < -0.4 is 5.32 Å². The van der Waals surface area contributed by atoms with Gasteiger partial charge in [0, 0.05) is 33.9 Å². The van der Waals surface area contributed by atoms with E-state index in [-0.39, 0.29) is 6.03 Å². The minimum atomic E-state index is -0.0297. The van der Waals surface area contributed by atoms with E-state index in [1.165, 1.54) is 0 Å². The first-order valence-corrected chi connectivity index (χ1v) is 6.30. The summed E-state index contributed by atoms with van der Waals surface area (Å²) in [4.78, 5) is 12.8. The highest BCUT2D eigenvalue weighted by Gasteiger charge is 2.03. The van der Waals surface area contributed by atoms with E-state index in [4.69, 9.17) is 9.47 Å². The highest BCUT2D eigenvalue weighted by atomic mass is 16.5. The summed E-state index contributed by atoms with van der Waals surface area (Å²) in [6.07, 6.45) is 3.13. The number of urea groups is 1. The Hall–Kier alpha value is -0.810. The minimum Gasteiger partial charge on any atom is -0.379 e. The van der Waals surface area contributed by atoms with Crippen LogP contribution in [0.5, 0.6) is 0 Å². The molecule has 0 saturated heterocycles. The Kier molecular flexibility index (Phi) is 11.1. The van der Waals surface area contributed by atoms with Crippen LogP contribution in [0, 0.1) is 0 Å². The maximum atomic E-state index is 11.2. The maximum Gasteiger partial charge on any atom is 0.316 e. The van der Waals surface area contributed by atoms with Gasteiger partial charge in [0.25, 0.3) is 0 Å². The zero-order chi connectivity index (χ0) is 12.9. The van der Waals surface area contributed by atoms with Crippen molar-refractivity contribution in [2.75, 3.05) is 47.1 Å². The molecule has 0 aromatic rings. The van der Waals surface area contributed by atoms with E-state index in [1.807, 2.05) is 6.92 Å². The third kappa shape index (κ3) is 10.1. The first kappa shape index (κ1) is 16.2. The number of hydrogen-bond acceptors (Lipinski definition) is 3. The van der Waals surface area contributed by atoms with Crippen LogP contribution in [0.3, 0.4) is 0 Å². The van der Waals surface area contributed by atoms with Crippen molar-refractivity contribution in [1.82, 2.24) is 10.2 Å². The Balaban J connectivity index is 3.15. The van der Waals surface area contributed by atoms with E-state index >= 15 is 0 Å². The number of nitrogens with zero attached hydrogens (tertiary/aromatic N) is 1. The van der Waals surface area contributed by atoms with Gasteiger partial charge in [0.1, 0.15) is 0 Å². The number of hydrogen-bond donors (Lipinski definition) is 1. The van der Waals surface area contributed by atoms with Crippen LogP contribution in [0.4, 0.5) is 4.79 Å². The molecule has 1 N–H and O–H groups in total. The second-order valence-electron chi connectivity index (χ2n) is 3.85. The van der Waals surface area contributed by atoms with E-state index in [1.54, 1.807) is 19.0 Å². The van der Waals surface area contributed by atoms with Gasteiger partial charge in [-0.3, -0.25) is 0 Å². The molecule has 0 saturated carbocycles.